The molecule has 3 heteroatoms. The number of esters is 1. The molecule has 0 aliphatic carbocycles. The Hall–Kier alpha value is -1.64. The molecule has 0 saturated heterocycles. The summed E-state index contributed by atoms with van der Waals surface area (Å²) in [6, 6.07) is 0. The summed E-state index contributed by atoms with van der Waals surface area (Å²) in [6.45, 7) is 10.1. The maximum absolute atomic E-state index is 11.2. The average Bonchev–Trinajstić information content (AvgIpc) is 2.37. The second-order valence-electron chi connectivity index (χ2n) is 6.02. The molecule has 0 bridgehead atoms. The SMILES string of the molecule is CC(=O)CC(=O)OCC=C(C)CCC=C(C)CCC=C(C)C. The minimum Gasteiger partial charge on any atom is -0.461 e. The van der Waals surface area contributed by atoms with Crippen LogP contribution in [0.4, 0.5) is 0 Å². The molecule has 0 rings (SSSR count). The maximum atomic E-state index is 11.2. The molecule has 22 heavy (non-hydrogen) atoms. The van der Waals surface area contributed by atoms with Crippen LogP contribution in [-0.2, 0) is 14.3 Å². The molecule has 0 heterocycles. The standard InChI is InChI=1S/C19H30O3/c1-15(2)8-6-9-16(3)10-7-11-17(4)12-13-22-19(21)14-18(5)20/h8,10,12H,6-7,9,11,13-14H2,1-5H3. The summed E-state index contributed by atoms with van der Waals surface area (Å²) >= 11 is 0. The fraction of sp³-hybridized carbons (Fsp3) is 0.579. The van der Waals surface area contributed by atoms with Crippen LogP contribution in [0, 0.1) is 0 Å². The number of Topliss-reactive ketones (excluding diaryl/α,β-unsaturated/α-hetero) is 1. The van der Waals surface area contributed by atoms with Crippen LogP contribution in [0.3, 0.4) is 0 Å². The molecule has 0 unspecified atom stereocenters. The van der Waals surface area contributed by atoms with Gasteiger partial charge >= 0.3 is 5.97 Å². The van der Waals surface area contributed by atoms with Crippen molar-refractivity contribution in [1.29, 1.82) is 0 Å². The Morgan fingerprint density at radius 1 is 0.818 bits per heavy atom. The molecule has 0 aromatic rings. The molecule has 0 saturated carbocycles. The van der Waals surface area contributed by atoms with E-state index >= 15 is 0 Å². The molecule has 0 radical (unpaired) electrons. The van der Waals surface area contributed by atoms with Gasteiger partial charge in [-0.2, -0.15) is 0 Å². The second kappa shape index (κ2) is 12.0. The van der Waals surface area contributed by atoms with Crippen LogP contribution in [-0.4, -0.2) is 18.4 Å². The quantitative estimate of drug-likeness (QED) is 0.326. The van der Waals surface area contributed by atoms with Crippen LogP contribution < -0.4 is 0 Å². The lowest BCUT2D eigenvalue weighted by atomic mass is 10.1. The van der Waals surface area contributed by atoms with E-state index in [0.717, 1.165) is 25.7 Å². The van der Waals surface area contributed by atoms with E-state index in [-0.39, 0.29) is 18.8 Å². The van der Waals surface area contributed by atoms with Crippen molar-refractivity contribution in [3.63, 3.8) is 0 Å². The van der Waals surface area contributed by atoms with Gasteiger partial charge in [0.05, 0.1) is 0 Å². The van der Waals surface area contributed by atoms with E-state index in [1.165, 1.54) is 23.6 Å². The maximum Gasteiger partial charge on any atom is 0.313 e. The minimum atomic E-state index is -0.452. The molecule has 0 spiro atoms. The molecule has 3 nitrogen and oxygen atoms in total. The zero-order valence-corrected chi connectivity index (χ0v) is 14.7. The lowest BCUT2D eigenvalue weighted by Crippen LogP contribution is -2.08. The zero-order chi connectivity index (χ0) is 17.0. The first-order valence-corrected chi connectivity index (χ1v) is 7.91. The van der Waals surface area contributed by atoms with Crippen LogP contribution in [0.2, 0.25) is 0 Å². The van der Waals surface area contributed by atoms with Gasteiger partial charge in [-0.3, -0.25) is 9.59 Å². The zero-order valence-electron chi connectivity index (χ0n) is 14.7. The van der Waals surface area contributed by atoms with Gasteiger partial charge in [-0.25, -0.2) is 0 Å². The van der Waals surface area contributed by atoms with Crippen LogP contribution in [0.15, 0.2) is 34.9 Å². The Balaban J connectivity index is 3.94. The summed E-state index contributed by atoms with van der Waals surface area (Å²) in [5, 5.41) is 0. The van der Waals surface area contributed by atoms with Gasteiger partial charge in [0.1, 0.15) is 18.8 Å². The monoisotopic (exact) mass is 306 g/mol. The van der Waals surface area contributed by atoms with E-state index < -0.39 is 5.97 Å². The van der Waals surface area contributed by atoms with Gasteiger partial charge in [0.2, 0.25) is 0 Å². The highest BCUT2D eigenvalue weighted by atomic mass is 16.5. The van der Waals surface area contributed by atoms with Gasteiger partial charge in [0.25, 0.3) is 0 Å². The van der Waals surface area contributed by atoms with Crippen LogP contribution in [0.1, 0.15) is 66.7 Å². The highest BCUT2D eigenvalue weighted by Crippen LogP contribution is 2.11. The number of ketones is 1. The molecule has 0 aliphatic rings. The molecular formula is C19H30O3. The van der Waals surface area contributed by atoms with E-state index in [2.05, 4.69) is 32.9 Å². The minimum absolute atomic E-state index is 0.138. The first-order chi connectivity index (χ1) is 10.3. The third kappa shape index (κ3) is 13.3. The Morgan fingerprint density at radius 3 is 1.91 bits per heavy atom. The molecule has 0 N–H and O–H groups in total. The Bertz CT molecular complexity index is 449. The molecule has 0 amide bonds. The predicted molar refractivity (Wildman–Crippen MR) is 91.7 cm³/mol. The van der Waals surface area contributed by atoms with Crippen LogP contribution in [0.5, 0.6) is 0 Å². The van der Waals surface area contributed by atoms with E-state index in [9.17, 15) is 9.59 Å². The van der Waals surface area contributed by atoms with Gasteiger partial charge in [-0.05, 0) is 66.4 Å². The van der Waals surface area contributed by atoms with Crippen molar-refractivity contribution in [3.05, 3.63) is 34.9 Å². The van der Waals surface area contributed by atoms with Crippen molar-refractivity contribution in [3.8, 4) is 0 Å². The largest absolute Gasteiger partial charge is 0.461 e. The lowest BCUT2D eigenvalue weighted by molar-refractivity contribution is -0.144. The summed E-state index contributed by atoms with van der Waals surface area (Å²) in [4.78, 5) is 21.9. The summed E-state index contributed by atoms with van der Waals surface area (Å²) < 4.78 is 4.97. The normalized spacial score (nSPS) is 12.0. The summed E-state index contributed by atoms with van der Waals surface area (Å²) in [6.07, 6.45) is 10.5. The van der Waals surface area contributed by atoms with Crippen molar-refractivity contribution in [1.82, 2.24) is 0 Å². The Morgan fingerprint density at radius 2 is 1.36 bits per heavy atom. The molecule has 0 aromatic heterocycles. The van der Waals surface area contributed by atoms with Crippen LogP contribution in [0.25, 0.3) is 0 Å². The molecular weight excluding hydrogens is 276 g/mol. The van der Waals surface area contributed by atoms with Gasteiger partial charge in [0, 0.05) is 0 Å². The number of carbonyl (C=O) groups excluding carboxylic acids is 2. The highest BCUT2D eigenvalue weighted by molar-refractivity contribution is 5.94. The summed E-state index contributed by atoms with van der Waals surface area (Å²) in [7, 11) is 0. The van der Waals surface area contributed by atoms with Gasteiger partial charge < -0.3 is 4.74 Å². The topological polar surface area (TPSA) is 43.4 Å². The number of rotatable bonds is 10. The smallest absolute Gasteiger partial charge is 0.313 e. The van der Waals surface area contributed by atoms with Crippen molar-refractivity contribution in [2.45, 2.75) is 66.7 Å². The van der Waals surface area contributed by atoms with Crippen molar-refractivity contribution in [2.75, 3.05) is 6.61 Å². The Labute approximate surface area is 135 Å². The molecule has 0 aromatic carbocycles. The third-order valence-corrected chi connectivity index (χ3v) is 3.19. The number of hydrogen-bond donors (Lipinski definition) is 0. The van der Waals surface area contributed by atoms with E-state index in [1.807, 2.05) is 13.0 Å². The van der Waals surface area contributed by atoms with Crippen molar-refractivity contribution >= 4 is 11.8 Å². The summed E-state index contributed by atoms with van der Waals surface area (Å²) in [5.41, 5.74) is 3.98. The predicted octanol–water partition coefficient (Wildman–Crippen LogP) is 4.93. The fourth-order valence-electron chi connectivity index (χ4n) is 1.87. The van der Waals surface area contributed by atoms with Gasteiger partial charge in [-0.15, -0.1) is 0 Å². The van der Waals surface area contributed by atoms with Crippen molar-refractivity contribution in [2.24, 2.45) is 0 Å². The molecule has 124 valence electrons. The fourth-order valence-corrected chi connectivity index (χ4v) is 1.87. The van der Waals surface area contributed by atoms with Crippen LogP contribution >= 0.6 is 0 Å². The van der Waals surface area contributed by atoms with E-state index in [1.54, 1.807) is 0 Å². The number of carbonyl (C=O) groups is 2. The van der Waals surface area contributed by atoms with Gasteiger partial charge in [-0.1, -0.05) is 28.9 Å². The van der Waals surface area contributed by atoms with Crippen molar-refractivity contribution < 1.29 is 14.3 Å². The Kier molecular flexibility index (Phi) is 11.1. The molecule has 0 atom stereocenters. The van der Waals surface area contributed by atoms with E-state index in [4.69, 9.17) is 4.74 Å². The van der Waals surface area contributed by atoms with E-state index in [0.29, 0.717) is 0 Å². The first kappa shape index (κ1) is 20.4. The average molecular weight is 306 g/mol. The highest BCUT2D eigenvalue weighted by Gasteiger charge is 2.04. The van der Waals surface area contributed by atoms with Gasteiger partial charge in [0.15, 0.2) is 0 Å². The summed E-state index contributed by atoms with van der Waals surface area (Å²) in [5.74, 6) is -0.619. The number of allylic oxidation sites excluding steroid dienone is 5. The number of ether oxygens (including phenoxy) is 1. The third-order valence-electron chi connectivity index (χ3n) is 3.19. The number of hydrogen-bond acceptors (Lipinski definition) is 3. The molecule has 0 aliphatic heterocycles. The lowest BCUT2D eigenvalue weighted by Gasteiger charge is -2.03. The molecule has 0 fully saturated rings. The second-order valence-corrected chi connectivity index (χ2v) is 6.02. The first-order valence-electron chi connectivity index (χ1n) is 7.91.